The zero-order valence-electron chi connectivity index (χ0n) is 16.0. The van der Waals surface area contributed by atoms with Crippen molar-refractivity contribution in [3.05, 3.63) is 69.9 Å². The van der Waals surface area contributed by atoms with E-state index in [0.29, 0.717) is 31.6 Å². The zero-order valence-corrected chi connectivity index (χ0v) is 17.5. The highest BCUT2D eigenvalue weighted by atomic mass is 79.9. The third-order valence-corrected chi connectivity index (χ3v) is 6.28. The molecule has 2 aliphatic heterocycles. The van der Waals surface area contributed by atoms with Gasteiger partial charge in [0.2, 0.25) is 0 Å². The summed E-state index contributed by atoms with van der Waals surface area (Å²) in [6.45, 7) is 5.03. The Morgan fingerprint density at radius 2 is 1.89 bits per heavy atom. The summed E-state index contributed by atoms with van der Waals surface area (Å²) in [5.41, 5.74) is 0.0677. The lowest BCUT2D eigenvalue weighted by molar-refractivity contribution is -0.0767. The minimum Gasteiger partial charge on any atom is -0.438 e. The number of carbonyl (C=O) groups is 1. The molecule has 2 heterocycles. The van der Waals surface area contributed by atoms with Crippen LogP contribution in [0.4, 0.5) is 9.18 Å². The predicted molar refractivity (Wildman–Crippen MR) is 107 cm³/mol. The van der Waals surface area contributed by atoms with Gasteiger partial charge < -0.3 is 14.4 Å². The van der Waals surface area contributed by atoms with Crippen molar-refractivity contribution in [1.82, 2.24) is 4.90 Å². The minimum atomic E-state index is -1.01. The molecule has 2 saturated heterocycles. The Labute approximate surface area is 172 Å². The number of ether oxygens (including phenoxy) is 2. The van der Waals surface area contributed by atoms with Crippen LogP contribution in [0.15, 0.2) is 53.0 Å². The van der Waals surface area contributed by atoms with E-state index in [0.717, 1.165) is 10.0 Å². The number of benzene rings is 2. The topological polar surface area (TPSA) is 42.1 Å². The smallest absolute Gasteiger partial charge is 0.411 e. The number of rotatable bonds is 5. The molecule has 2 aromatic carbocycles. The molecule has 2 aliphatic rings. The lowest BCUT2D eigenvalue weighted by Gasteiger charge is -2.44. The van der Waals surface area contributed by atoms with E-state index in [4.69, 9.17) is 9.47 Å². The molecular formula is C22H23BrFNO3. The van der Waals surface area contributed by atoms with Gasteiger partial charge in [-0.15, -0.1) is 0 Å². The number of hydrogen-bond acceptors (Lipinski definition) is 3. The maximum absolute atomic E-state index is 14.7. The van der Waals surface area contributed by atoms with Crippen molar-refractivity contribution in [1.29, 1.82) is 0 Å². The summed E-state index contributed by atoms with van der Waals surface area (Å²) in [5, 5.41) is 0. The first-order chi connectivity index (χ1) is 13.3. The molecule has 2 unspecified atom stereocenters. The molecule has 1 amide bonds. The number of carbonyl (C=O) groups excluding carboxylic acids is 1. The van der Waals surface area contributed by atoms with Crippen LogP contribution < -0.4 is 0 Å². The molecular weight excluding hydrogens is 425 g/mol. The van der Waals surface area contributed by atoms with Gasteiger partial charge >= 0.3 is 6.09 Å². The molecule has 6 heteroatoms. The first kappa shape index (κ1) is 19.4. The van der Waals surface area contributed by atoms with Gasteiger partial charge in [-0.2, -0.15) is 0 Å². The number of epoxide rings is 1. The SMILES string of the molecule is C[C@@H](c1ccc(Br)cc1)N1CCC(CC2(C)CO2)(c2ccccc2F)OC1=O. The van der Waals surface area contributed by atoms with E-state index in [2.05, 4.69) is 15.9 Å². The lowest BCUT2D eigenvalue weighted by Crippen LogP contribution is -2.50. The predicted octanol–water partition coefficient (Wildman–Crippen LogP) is 5.57. The second-order valence-corrected chi connectivity index (χ2v) is 8.84. The van der Waals surface area contributed by atoms with Gasteiger partial charge in [-0.25, -0.2) is 9.18 Å². The molecule has 2 fully saturated rings. The normalized spacial score (nSPS) is 28.0. The van der Waals surface area contributed by atoms with Gasteiger partial charge in [0.05, 0.1) is 18.2 Å². The molecule has 0 radical (unpaired) electrons. The van der Waals surface area contributed by atoms with Crippen LogP contribution in [0.25, 0.3) is 0 Å². The third-order valence-electron chi connectivity index (χ3n) is 5.76. The van der Waals surface area contributed by atoms with Crippen molar-refractivity contribution in [3.8, 4) is 0 Å². The fourth-order valence-electron chi connectivity index (χ4n) is 4.01. The van der Waals surface area contributed by atoms with Crippen LogP contribution in [0.5, 0.6) is 0 Å². The van der Waals surface area contributed by atoms with Crippen LogP contribution in [0, 0.1) is 5.82 Å². The highest BCUT2D eigenvalue weighted by molar-refractivity contribution is 9.10. The number of halogens is 2. The van der Waals surface area contributed by atoms with Crippen LogP contribution in [0.3, 0.4) is 0 Å². The van der Waals surface area contributed by atoms with Crippen LogP contribution in [-0.4, -0.2) is 29.7 Å². The van der Waals surface area contributed by atoms with E-state index in [1.807, 2.05) is 38.1 Å². The van der Waals surface area contributed by atoms with E-state index in [9.17, 15) is 9.18 Å². The van der Waals surface area contributed by atoms with Crippen molar-refractivity contribution < 1.29 is 18.7 Å². The maximum atomic E-state index is 14.7. The third kappa shape index (κ3) is 3.67. The second-order valence-electron chi connectivity index (χ2n) is 7.93. The van der Waals surface area contributed by atoms with E-state index in [-0.39, 0.29) is 17.5 Å². The van der Waals surface area contributed by atoms with E-state index < -0.39 is 11.7 Å². The molecule has 0 aliphatic carbocycles. The van der Waals surface area contributed by atoms with Crippen molar-refractivity contribution in [2.24, 2.45) is 0 Å². The summed E-state index contributed by atoms with van der Waals surface area (Å²) in [6.07, 6.45) is 0.543. The van der Waals surface area contributed by atoms with Gasteiger partial charge in [0.25, 0.3) is 0 Å². The standard InChI is InChI=1S/C22H23BrFNO3/c1-15(16-7-9-17(23)10-8-16)25-12-11-22(28-20(25)26,13-21(2)14-27-21)18-5-3-4-6-19(18)24/h3-10,15H,11-14H2,1-2H3/t15-,21?,22?/m0/s1. The molecule has 0 aromatic heterocycles. The van der Waals surface area contributed by atoms with Gasteiger partial charge in [-0.05, 0) is 37.6 Å². The number of nitrogens with zero attached hydrogens (tertiary/aromatic N) is 1. The molecule has 0 spiro atoms. The van der Waals surface area contributed by atoms with Crippen molar-refractivity contribution in [3.63, 3.8) is 0 Å². The Bertz CT molecular complexity index is 884. The molecule has 148 valence electrons. The van der Waals surface area contributed by atoms with E-state index in [1.165, 1.54) is 6.07 Å². The molecule has 3 atom stereocenters. The van der Waals surface area contributed by atoms with Gasteiger partial charge in [0.15, 0.2) is 0 Å². The summed E-state index contributed by atoms with van der Waals surface area (Å²) in [4.78, 5) is 14.7. The first-order valence-electron chi connectivity index (χ1n) is 9.46. The summed E-state index contributed by atoms with van der Waals surface area (Å²) in [7, 11) is 0. The van der Waals surface area contributed by atoms with Gasteiger partial charge in [-0.3, -0.25) is 0 Å². The van der Waals surface area contributed by atoms with Crippen LogP contribution >= 0.6 is 15.9 Å². The van der Waals surface area contributed by atoms with Gasteiger partial charge in [0, 0.05) is 29.4 Å². The Morgan fingerprint density at radius 1 is 1.21 bits per heavy atom. The lowest BCUT2D eigenvalue weighted by atomic mass is 9.81. The fraction of sp³-hybridized carbons (Fsp3) is 0.409. The average Bonchev–Trinajstić information content (AvgIpc) is 3.38. The van der Waals surface area contributed by atoms with Crippen LogP contribution in [0.2, 0.25) is 0 Å². The quantitative estimate of drug-likeness (QED) is 0.562. The fourth-order valence-corrected chi connectivity index (χ4v) is 4.28. The molecule has 0 N–H and O–H groups in total. The Kier molecular flexibility index (Phi) is 4.96. The number of amides is 1. The summed E-state index contributed by atoms with van der Waals surface area (Å²) in [5.74, 6) is -0.353. The Morgan fingerprint density at radius 3 is 2.50 bits per heavy atom. The largest absolute Gasteiger partial charge is 0.438 e. The van der Waals surface area contributed by atoms with E-state index in [1.54, 1.807) is 23.1 Å². The van der Waals surface area contributed by atoms with E-state index >= 15 is 0 Å². The molecule has 0 bridgehead atoms. The van der Waals surface area contributed by atoms with Crippen molar-refractivity contribution >= 4 is 22.0 Å². The monoisotopic (exact) mass is 447 g/mol. The Hall–Kier alpha value is -1.92. The second kappa shape index (κ2) is 7.16. The number of hydrogen-bond donors (Lipinski definition) is 0. The van der Waals surface area contributed by atoms with Crippen molar-refractivity contribution in [2.75, 3.05) is 13.2 Å². The Balaban J connectivity index is 1.61. The zero-order chi connectivity index (χ0) is 19.9. The first-order valence-corrected chi connectivity index (χ1v) is 10.3. The molecule has 4 nitrogen and oxygen atoms in total. The molecule has 28 heavy (non-hydrogen) atoms. The minimum absolute atomic E-state index is 0.132. The van der Waals surface area contributed by atoms with Crippen molar-refractivity contribution in [2.45, 2.75) is 43.9 Å². The molecule has 0 saturated carbocycles. The van der Waals surface area contributed by atoms with Gasteiger partial charge in [-0.1, -0.05) is 46.3 Å². The van der Waals surface area contributed by atoms with Crippen LogP contribution in [0.1, 0.15) is 43.9 Å². The molecule has 2 aromatic rings. The van der Waals surface area contributed by atoms with Gasteiger partial charge in [0.1, 0.15) is 11.4 Å². The number of cyclic esters (lactones) is 1. The summed E-state index contributed by atoms with van der Waals surface area (Å²) >= 11 is 3.43. The molecule has 4 rings (SSSR count). The van der Waals surface area contributed by atoms with Crippen LogP contribution in [-0.2, 0) is 15.1 Å². The highest BCUT2D eigenvalue weighted by Gasteiger charge is 2.53. The highest BCUT2D eigenvalue weighted by Crippen LogP contribution is 2.47. The summed E-state index contributed by atoms with van der Waals surface area (Å²) < 4.78 is 27.2. The maximum Gasteiger partial charge on any atom is 0.411 e. The average molecular weight is 448 g/mol. The summed E-state index contributed by atoms with van der Waals surface area (Å²) in [6, 6.07) is 14.3.